The maximum atomic E-state index is 12.4. The quantitative estimate of drug-likeness (QED) is 0.706. The molecule has 0 aliphatic rings. The molecule has 1 N–H and O–H groups in total. The van der Waals surface area contributed by atoms with Crippen LogP contribution < -0.4 is 10.9 Å². The van der Waals surface area contributed by atoms with Gasteiger partial charge in [-0.1, -0.05) is 23.5 Å². The summed E-state index contributed by atoms with van der Waals surface area (Å²) >= 11 is 1.34. The number of amides is 1. The van der Waals surface area contributed by atoms with Crippen LogP contribution in [-0.2, 0) is 17.8 Å². The van der Waals surface area contributed by atoms with E-state index in [1.54, 1.807) is 18.2 Å². The second-order valence-electron chi connectivity index (χ2n) is 5.80. The molecule has 130 valence electrons. The van der Waals surface area contributed by atoms with Gasteiger partial charge in [-0.2, -0.15) is 0 Å². The molecule has 0 saturated carbocycles. The van der Waals surface area contributed by atoms with E-state index >= 15 is 0 Å². The minimum atomic E-state index is -0.338. The van der Waals surface area contributed by atoms with E-state index in [-0.39, 0.29) is 18.0 Å². The lowest BCUT2D eigenvalue weighted by Gasteiger charge is -2.06. The predicted octanol–water partition coefficient (Wildman–Crippen LogP) is 0.991. The minimum absolute atomic E-state index is 0.122. The molecule has 1 aromatic carbocycles. The highest BCUT2D eigenvalue weighted by Gasteiger charge is 2.11. The number of nitrogens with one attached hydrogen (secondary N) is 1. The van der Waals surface area contributed by atoms with Crippen LogP contribution in [0.4, 0.5) is 5.13 Å². The standard InChI is InChI=1S/C16H18N6O2S/c1-21(2)8-7-14-19-20-16(25-14)18-13(23)9-22-10-17-12-6-4-3-5-11(12)15(22)24/h3-6,10H,7-9H2,1-2H3,(H,18,20,23). The van der Waals surface area contributed by atoms with Crippen LogP contribution in [0.5, 0.6) is 0 Å². The molecule has 1 amide bonds. The molecule has 25 heavy (non-hydrogen) atoms. The Bertz CT molecular complexity index is 949. The molecule has 0 radical (unpaired) electrons. The van der Waals surface area contributed by atoms with E-state index in [1.165, 1.54) is 22.2 Å². The first kappa shape index (κ1) is 17.2. The Morgan fingerprint density at radius 2 is 2.08 bits per heavy atom. The van der Waals surface area contributed by atoms with Crippen molar-refractivity contribution < 1.29 is 4.79 Å². The van der Waals surface area contributed by atoms with Gasteiger partial charge in [0, 0.05) is 13.0 Å². The Kier molecular flexibility index (Phi) is 5.15. The molecular weight excluding hydrogens is 340 g/mol. The lowest BCUT2D eigenvalue weighted by molar-refractivity contribution is -0.116. The largest absolute Gasteiger partial charge is 0.309 e. The number of benzene rings is 1. The van der Waals surface area contributed by atoms with E-state index in [9.17, 15) is 9.59 Å². The highest BCUT2D eigenvalue weighted by atomic mass is 32.1. The van der Waals surface area contributed by atoms with Gasteiger partial charge in [0.15, 0.2) is 0 Å². The summed E-state index contributed by atoms with van der Waals surface area (Å²) in [5.41, 5.74) is 0.364. The Morgan fingerprint density at radius 1 is 1.28 bits per heavy atom. The Balaban J connectivity index is 1.67. The second kappa shape index (κ2) is 7.49. The molecule has 0 saturated heterocycles. The average Bonchev–Trinajstić information content (AvgIpc) is 3.03. The monoisotopic (exact) mass is 358 g/mol. The lowest BCUT2D eigenvalue weighted by Crippen LogP contribution is -2.27. The molecule has 9 heteroatoms. The van der Waals surface area contributed by atoms with Crippen molar-refractivity contribution in [2.45, 2.75) is 13.0 Å². The van der Waals surface area contributed by atoms with Crippen LogP contribution in [0, 0.1) is 0 Å². The zero-order valence-corrected chi connectivity index (χ0v) is 14.8. The fraction of sp³-hybridized carbons (Fsp3) is 0.312. The SMILES string of the molecule is CN(C)CCc1nnc(NC(=O)Cn2cnc3ccccc3c2=O)s1. The van der Waals surface area contributed by atoms with E-state index < -0.39 is 0 Å². The van der Waals surface area contributed by atoms with Crippen molar-refractivity contribution in [3.63, 3.8) is 0 Å². The fourth-order valence-corrected chi connectivity index (χ4v) is 3.00. The first-order chi connectivity index (χ1) is 12.0. The topological polar surface area (TPSA) is 93.0 Å². The third-order valence-electron chi connectivity index (χ3n) is 3.53. The van der Waals surface area contributed by atoms with Gasteiger partial charge in [0.1, 0.15) is 11.6 Å². The van der Waals surface area contributed by atoms with Gasteiger partial charge in [-0.25, -0.2) is 4.98 Å². The Hall–Kier alpha value is -2.65. The summed E-state index contributed by atoms with van der Waals surface area (Å²) in [6, 6.07) is 7.04. The maximum Gasteiger partial charge on any atom is 0.261 e. The molecular formula is C16H18N6O2S. The number of carbonyl (C=O) groups excluding carboxylic acids is 1. The van der Waals surface area contributed by atoms with Crippen molar-refractivity contribution in [1.82, 2.24) is 24.6 Å². The Morgan fingerprint density at radius 3 is 2.88 bits per heavy atom. The van der Waals surface area contributed by atoms with Crippen LogP contribution in [0.25, 0.3) is 10.9 Å². The summed E-state index contributed by atoms with van der Waals surface area (Å²) in [7, 11) is 3.97. The number of nitrogens with zero attached hydrogens (tertiary/aromatic N) is 5. The van der Waals surface area contributed by atoms with Crippen LogP contribution in [0.3, 0.4) is 0 Å². The molecule has 0 spiro atoms. The van der Waals surface area contributed by atoms with Crippen molar-refractivity contribution in [2.24, 2.45) is 0 Å². The molecule has 0 aliphatic heterocycles. The number of rotatable bonds is 6. The second-order valence-corrected chi connectivity index (χ2v) is 6.86. The number of hydrogen-bond acceptors (Lipinski definition) is 7. The first-order valence-electron chi connectivity index (χ1n) is 7.74. The van der Waals surface area contributed by atoms with E-state index in [4.69, 9.17) is 0 Å². The van der Waals surface area contributed by atoms with Crippen LogP contribution in [0.1, 0.15) is 5.01 Å². The summed E-state index contributed by atoms with van der Waals surface area (Å²) in [5, 5.41) is 12.5. The number of para-hydroxylation sites is 1. The highest BCUT2D eigenvalue weighted by Crippen LogP contribution is 2.15. The molecule has 0 unspecified atom stereocenters. The van der Waals surface area contributed by atoms with Crippen LogP contribution in [-0.4, -0.2) is 51.2 Å². The van der Waals surface area contributed by atoms with Gasteiger partial charge in [0.2, 0.25) is 11.0 Å². The fourth-order valence-electron chi connectivity index (χ4n) is 2.26. The van der Waals surface area contributed by atoms with Crippen molar-refractivity contribution in [3.8, 4) is 0 Å². The number of likely N-dealkylation sites (N-methyl/N-ethyl adjacent to an activating group) is 1. The van der Waals surface area contributed by atoms with Crippen molar-refractivity contribution in [3.05, 3.63) is 46.0 Å². The summed E-state index contributed by atoms with van der Waals surface area (Å²) in [5.74, 6) is -0.338. The smallest absolute Gasteiger partial charge is 0.261 e. The summed E-state index contributed by atoms with van der Waals surface area (Å²) < 4.78 is 1.28. The number of fused-ring (bicyclic) bond motifs is 1. The van der Waals surface area contributed by atoms with Crippen LogP contribution in [0.15, 0.2) is 35.4 Å². The highest BCUT2D eigenvalue weighted by molar-refractivity contribution is 7.15. The van der Waals surface area contributed by atoms with Gasteiger partial charge in [0.25, 0.3) is 5.56 Å². The van der Waals surface area contributed by atoms with Gasteiger partial charge in [-0.15, -0.1) is 10.2 Å². The third-order valence-corrected chi connectivity index (χ3v) is 4.43. The number of aromatic nitrogens is 4. The average molecular weight is 358 g/mol. The number of carbonyl (C=O) groups is 1. The molecule has 2 heterocycles. The van der Waals surface area contributed by atoms with Gasteiger partial charge in [-0.3, -0.25) is 19.5 Å². The van der Waals surface area contributed by atoms with Crippen molar-refractivity contribution >= 4 is 33.3 Å². The van der Waals surface area contributed by atoms with Crippen molar-refractivity contribution in [2.75, 3.05) is 26.0 Å². The maximum absolute atomic E-state index is 12.4. The van der Waals surface area contributed by atoms with E-state index in [0.717, 1.165) is 18.0 Å². The molecule has 0 atom stereocenters. The summed E-state index contributed by atoms with van der Waals surface area (Å²) in [4.78, 5) is 30.8. The summed E-state index contributed by atoms with van der Waals surface area (Å²) in [6.45, 7) is 0.740. The van der Waals surface area contributed by atoms with Gasteiger partial charge >= 0.3 is 0 Å². The molecule has 8 nitrogen and oxygen atoms in total. The molecule has 0 aliphatic carbocycles. The third kappa shape index (κ3) is 4.25. The number of anilines is 1. The molecule has 0 fully saturated rings. The zero-order chi connectivity index (χ0) is 17.8. The normalized spacial score (nSPS) is 11.2. The summed E-state index contributed by atoms with van der Waals surface area (Å²) in [6.07, 6.45) is 2.15. The predicted molar refractivity (Wildman–Crippen MR) is 96.8 cm³/mol. The Labute approximate surface area is 148 Å². The van der Waals surface area contributed by atoms with Gasteiger partial charge in [-0.05, 0) is 26.2 Å². The van der Waals surface area contributed by atoms with E-state index in [0.29, 0.717) is 16.0 Å². The minimum Gasteiger partial charge on any atom is -0.309 e. The van der Waals surface area contributed by atoms with E-state index in [2.05, 4.69) is 25.4 Å². The molecule has 3 rings (SSSR count). The first-order valence-corrected chi connectivity index (χ1v) is 8.56. The zero-order valence-electron chi connectivity index (χ0n) is 14.0. The molecule has 0 bridgehead atoms. The van der Waals surface area contributed by atoms with Gasteiger partial charge < -0.3 is 4.90 Å². The lowest BCUT2D eigenvalue weighted by atomic mass is 10.2. The molecule has 2 aromatic heterocycles. The van der Waals surface area contributed by atoms with Crippen LogP contribution in [0.2, 0.25) is 0 Å². The van der Waals surface area contributed by atoms with E-state index in [1.807, 2.05) is 20.2 Å². The number of hydrogen-bond donors (Lipinski definition) is 1. The van der Waals surface area contributed by atoms with Gasteiger partial charge in [0.05, 0.1) is 17.2 Å². The molecule has 3 aromatic rings. The van der Waals surface area contributed by atoms with Crippen LogP contribution >= 0.6 is 11.3 Å². The van der Waals surface area contributed by atoms with Crippen molar-refractivity contribution in [1.29, 1.82) is 0 Å².